The molecular weight excluding hydrogens is 368 g/mol. The van der Waals surface area contributed by atoms with Crippen LogP contribution in [0.25, 0.3) is 11.3 Å². The molecule has 0 atom stereocenters. The molecule has 28 heavy (non-hydrogen) atoms. The van der Waals surface area contributed by atoms with E-state index in [2.05, 4.69) is 34.6 Å². The van der Waals surface area contributed by atoms with Crippen LogP contribution in [-0.4, -0.2) is 30.6 Å². The van der Waals surface area contributed by atoms with Crippen LogP contribution in [0.1, 0.15) is 33.1 Å². The van der Waals surface area contributed by atoms with Crippen molar-refractivity contribution in [3.8, 4) is 11.3 Å². The van der Waals surface area contributed by atoms with Gasteiger partial charge < -0.3 is 10.1 Å². The van der Waals surface area contributed by atoms with Crippen molar-refractivity contribution in [1.29, 1.82) is 0 Å². The summed E-state index contributed by atoms with van der Waals surface area (Å²) in [6, 6.07) is 20.4. The second kappa shape index (κ2) is 8.25. The molecule has 5 heteroatoms. The van der Waals surface area contributed by atoms with E-state index >= 15 is 0 Å². The first-order chi connectivity index (χ1) is 13.7. The molecule has 3 aromatic rings. The Morgan fingerprint density at radius 1 is 1.07 bits per heavy atom. The highest BCUT2D eigenvalue weighted by Gasteiger charge is 2.35. The molecule has 1 saturated heterocycles. The van der Waals surface area contributed by atoms with Crippen molar-refractivity contribution in [1.82, 2.24) is 10.3 Å². The molecule has 0 saturated carbocycles. The Morgan fingerprint density at radius 2 is 1.71 bits per heavy atom. The van der Waals surface area contributed by atoms with Gasteiger partial charge in [0, 0.05) is 30.7 Å². The topological polar surface area (TPSA) is 51.2 Å². The zero-order valence-corrected chi connectivity index (χ0v) is 16.8. The second-order valence-corrected chi connectivity index (χ2v) is 8.42. The third-order valence-corrected chi connectivity index (χ3v) is 6.38. The van der Waals surface area contributed by atoms with Gasteiger partial charge >= 0.3 is 0 Å². The summed E-state index contributed by atoms with van der Waals surface area (Å²) in [6.45, 7) is 3.99. The molecule has 0 unspecified atom stereocenters. The average molecular weight is 393 g/mol. The number of amides is 1. The number of ether oxygens (including phenoxy) is 1. The molecule has 4 nitrogen and oxygen atoms in total. The Morgan fingerprint density at radius 3 is 2.39 bits per heavy atom. The molecular formula is C23H24N2O2S. The van der Waals surface area contributed by atoms with E-state index in [0.717, 1.165) is 42.3 Å². The number of hydrogen-bond acceptors (Lipinski definition) is 4. The van der Waals surface area contributed by atoms with Crippen molar-refractivity contribution in [2.75, 3.05) is 19.8 Å². The minimum absolute atomic E-state index is 0.0498. The lowest BCUT2D eigenvalue weighted by Gasteiger charge is -2.38. The van der Waals surface area contributed by atoms with Gasteiger partial charge in [-0.15, -0.1) is 11.3 Å². The summed E-state index contributed by atoms with van der Waals surface area (Å²) in [5.41, 5.74) is 2.92. The quantitative estimate of drug-likeness (QED) is 0.691. The lowest BCUT2D eigenvalue weighted by Crippen LogP contribution is -2.44. The van der Waals surface area contributed by atoms with Crippen LogP contribution in [0.3, 0.4) is 0 Å². The summed E-state index contributed by atoms with van der Waals surface area (Å²) in [5.74, 6) is -0.0498. The van der Waals surface area contributed by atoms with E-state index in [1.54, 1.807) is 0 Å². The number of nitrogens with zero attached hydrogens (tertiary/aromatic N) is 1. The fraction of sp³-hybridized carbons (Fsp3) is 0.304. The van der Waals surface area contributed by atoms with Crippen molar-refractivity contribution in [3.05, 3.63) is 76.1 Å². The normalized spacial score (nSPS) is 15.9. The van der Waals surface area contributed by atoms with Gasteiger partial charge in [0.1, 0.15) is 4.88 Å². The van der Waals surface area contributed by atoms with Crippen LogP contribution in [-0.2, 0) is 10.2 Å². The van der Waals surface area contributed by atoms with Crippen LogP contribution in [0.2, 0.25) is 0 Å². The van der Waals surface area contributed by atoms with Gasteiger partial charge in [0.05, 0.1) is 10.7 Å². The highest BCUT2D eigenvalue weighted by molar-refractivity contribution is 7.14. The maximum Gasteiger partial charge on any atom is 0.263 e. The first-order valence-electron chi connectivity index (χ1n) is 9.62. The van der Waals surface area contributed by atoms with Gasteiger partial charge in [-0.25, -0.2) is 4.98 Å². The summed E-state index contributed by atoms with van der Waals surface area (Å²) in [6.07, 6.45) is 1.81. The van der Waals surface area contributed by atoms with Crippen molar-refractivity contribution < 1.29 is 9.53 Å². The van der Waals surface area contributed by atoms with Gasteiger partial charge in [-0.3, -0.25) is 4.79 Å². The molecule has 1 amide bonds. The summed E-state index contributed by atoms with van der Waals surface area (Å²) in [4.78, 5) is 18.4. The molecule has 4 rings (SSSR count). The third-order valence-electron chi connectivity index (χ3n) is 5.41. The molecule has 0 aliphatic carbocycles. The van der Waals surface area contributed by atoms with Crippen LogP contribution in [0, 0.1) is 6.92 Å². The minimum Gasteiger partial charge on any atom is -0.381 e. The number of hydrogen-bond donors (Lipinski definition) is 1. The van der Waals surface area contributed by atoms with E-state index in [0.29, 0.717) is 11.4 Å². The van der Waals surface area contributed by atoms with Crippen molar-refractivity contribution in [3.63, 3.8) is 0 Å². The Bertz CT molecular complexity index is 932. The molecule has 2 aromatic carbocycles. The van der Waals surface area contributed by atoms with Gasteiger partial charge in [-0.2, -0.15) is 0 Å². The number of benzene rings is 2. The molecule has 1 aliphatic heterocycles. The van der Waals surface area contributed by atoms with Crippen LogP contribution in [0.15, 0.2) is 60.7 Å². The Kier molecular flexibility index (Phi) is 5.55. The van der Waals surface area contributed by atoms with Gasteiger partial charge in [-0.05, 0) is 25.3 Å². The lowest BCUT2D eigenvalue weighted by molar-refractivity contribution is 0.0487. The Balaban J connectivity index is 1.57. The smallest absolute Gasteiger partial charge is 0.263 e. The molecule has 1 N–H and O–H groups in total. The number of rotatable bonds is 5. The standard InChI is InChI=1S/C23H24N2O2S/c1-17-25-20(18-8-4-2-5-9-18)21(28-17)22(26)24-16-23(12-14-27-15-13-23)19-10-6-3-7-11-19/h2-11H,12-16H2,1H3,(H,24,26). The first kappa shape index (κ1) is 18.8. The highest BCUT2D eigenvalue weighted by Crippen LogP contribution is 2.35. The number of nitrogens with one attached hydrogen (secondary N) is 1. The Hall–Kier alpha value is -2.50. The van der Waals surface area contributed by atoms with Gasteiger partial charge in [0.15, 0.2) is 0 Å². The maximum atomic E-state index is 13.1. The average Bonchev–Trinajstić information content (AvgIpc) is 3.16. The van der Waals surface area contributed by atoms with Crippen molar-refractivity contribution in [2.24, 2.45) is 0 Å². The number of thiazole rings is 1. The number of aryl methyl sites for hydroxylation is 1. The third kappa shape index (κ3) is 3.86. The SMILES string of the molecule is Cc1nc(-c2ccccc2)c(C(=O)NCC2(c3ccccc3)CCOCC2)s1. The molecule has 1 fully saturated rings. The van der Waals surface area contributed by atoms with Crippen LogP contribution < -0.4 is 5.32 Å². The summed E-state index contributed by atoms with van der Waals surface area (Å²) in [5, 5.41) is 4.10. The van der Waals surface area contributed by atoms with E-state index < -0.39 is 0 Å². The predicted octanol–water partition coefficient (Wildman–Crippen LogP) is 4.60. The molecule has 0 bridgehead atoms. The maximum absolute atomic E-state index is 13.1. The number of carbonyl (C=O) groups excluding carboxylic acids is 1. The fourth-order valence-electron chi connectivity index (χ4n) is 3.82. The fourth-order valence-corrected chi connectivity index (χ4v) is 4.68. The van der Waals surface area contributed by atoms with E-state index in [4.69, 9.17) is 4.74 Å². The summed E-state index contributed by atoms with van der Waals surface area (Å²) >= 11 is 1.45. The lowest BCUT2D eigenvalue weighted by atomic mass is 9.74. The van der Waals surface area contributed by atoms with Crippen molar-refractivity contribution >= 4 is 17.2 Å². The largest absolute Gasteiger partial charge is 0.381 e. The van der Waals surface area contributed by atoms with Gasteiger partial charge in [0.2, 0.25) is 0 Å². The first-order valence-corrected chi connectivity index (χ1v) is 10.4. The van der Waals surface area contributed by atoms with Crippen LogP contribution in [0.5, 0.6) is 0 Å². The zero-order chi connectivity index (χ0) is 19.4. The zero-order valence-electron chi connectivity index (χ0n) is 16.0. The molecule has 1 aromatic heterocycles. The molecule has 0 spiro atoms. The van der Waals surface area contributed by atoms with E-state index in [1.807, 2.05) is 43.3 Å². The predicted molar refractivity (Wildman–Crippen MR) is 113 cm³/mol. The summed E-state index contributed by atoms with van der Waals surface area (Å²) in [7, 11) is 0. The van der Waals surface area contributed by atoms with Crippen LogP contribution in [0.4, 0.5) is 0 Å². The van der Waals surface area contributed by atoms with Crippen LogP contribution >= 0.6 is 11.3 Å². The number of aromatic nitrogens is 1. The van der Waals surface area contributed by atoms with Crippen molar-refractivity contribution in [2.45, 2.75) is 25.2 Å². The van der Waals surface area contributed by atoms with E-state index in [9.17, 15) is 4.79 Å². The molecule has 0 radical (unpaired) electrons. The monoisotopic (exact) mass is 392 g/mol. The summed E-state index contributed by atoms with van der Waals surface area (Å²) < 4.78 is 5.60. The Labute approximate surface area is 169 Å². The minimum atomic E-state index is -0.0815. The molecule has 2 heterocycles. The van der Waals surface area contributed by atoms with E-state index in [1.165, 1.54) is 16.9 Å². The number of carbonyl (C=O) groups is 1. The molecule has 1 aliphatic rings. The van der Waals surface area contributed by atoms with E-state index in [-0.39, 0.29) is 11.3 Å². The highest BCUT2D eigenvalue weighted by atomic mass is 32.1. The van der Waals surface area contributed by atoms with Gasteiger partial charge in [-0.1, -0.05) is 60.7 Å². The second-order valence-electron chi connectivity index (χ2n) is 7.22. The molecule has 144 valence electrons. The van der Waals surface area contributed by atoms with Gasteiger partial charge in [0.25, 0.3) is 5.91 Å².